The number of carboxylic acid groups (broad SMARTS) is 1. The predicted octanol–water partition coefficient (Wildman–Crippen LogP) is 2.23. The van der Waals surface area contributed by atoms with Crippen LogP contribution in [0.2, 0.25) is 0 Å². The Morgan fingerprint density at radius 1 is 1.24 bits per heavy atom. The van der Waals surface area contributed by atoms with Gasteiger partial charge in [-0.2, -0.15) is 0 Å². The van der Waals surface area contributed by atoms with Crippen molar-refractivity contribution in [3.05, 3.63) is 0 Å². The van der Waals surface area contributed by atoms with Crippen molar-refractivity contribution in [1.82, 2.24) is 4.90 Å². The third-order valence-electron chi connectivity index (χ3n) is 2.70. The molecule has 17 heavy (non-hydrogen) atoms. The van der Waals surface area contributed by atoms with E-state index in [1.165, 1.54) is 0 Å². The molecule has 102 valence electrons. The molecule has 0 rings (SSSR count). The lowest BCUT2D eigenvalue weighted by atomic mass is 10.1. The second-order valence-corrected chi connectivity index (χ2v) is 5.10. The normalized spacial score (nSPS) is 13.6. The van der Waals surface area contributed by atoms with Crippen molar-refractivity contribution in [2.45, 2.75) is 53.2 Å². The fourth-order valence-electron chi connectivity index (χ4n) is 1.58. The number of aliphatic carboxylic acids is 1. The molecule has 0 spiro atoms. The van der Waals surface area contributed by atoms with E-state index in [-0.39, 0.29) is 12.0 Å². The highest BCUT2D eigenvalue weighted by atomic mass is 16.5. The summed E-state index contributed by atoms with van der Waals surface area (Å²) in [6, 6.07) is 0.371. The van der Waals surface area contributed by atoms with Crippen LogP contribution in [0.15, 0.2) is 0 Å². The maximum Gasteiger partial charge on any atom is 0.307 e. The van der Waals surface area contributed by atoms with Gasteiger partial charge in [0.1, 0.15) is 0 Å². The SMILES string of the molecule is CC(C)OCCCN(CC(C)C(=O)O)C(C)C. The zero-order valence-electron chi connectivity index (χ0n) is 11.8. The molecule has 0 bridgehead atoms. The highest BCUT2D eigenvalue weighted by molar-refractivity contribution is 5.69. The number of carbonyl (C=O) groups is 1. The van der Waals surface area contributed by atoms with Crippen LogP contribution in [0.3, 0.4) is 0 Å². The second-order valence-electron chi connectivity index (χ2n) is 5.10. The number of rotatable bonds is 9. The molecule has 0 aliphatic carbocycles. The molecule has 0 aromatic carbocycles. The van der Waals surface area contributed by atoms with E-state index in [1.807, 2.05) is 13.8 Å². The average Bonchev–Trinajstić information content (AvgIpc) is 2.21. The molecule has 0 amide bonds. The lowest BCUT2D eigenvalue weighted by Crippen LogP contribution is -2.38. The van der Waals surface area contributed by atoms with Crippen molar-refractivity contribution < 1.29 is 14.6 Å². The summed E-state index contributed by atoms with van der Waals surface area (Å²) < 4.78 is 5.48. The molecule has 1 N–H and O–H groups in total. The molecule has 0 fully saturated rings. The minimum atomic E-state index is -0.728. The van der Waals surface area contributed by atoms with Crippen LogP contribution in [0.4, 0.5) is 0 Å². The topological polar surface area (TPSA) is 49.8 Å². The Bertz CT molecular complexity index is 217. The molecule has 0 radical (unpaired) electrons. The number of nitrogens with zero attached hydrogens (tertiary/aromatic N) is 1. The molecule has 4 nitrogen and oxygen atoms in total. The monoisotopic (exact) mass is 245 g/mol. The zero-order chi connectivity index (χ0) is 13.4. The number of hydrogen-bond acceptors (Lipinski definition) is 3. The standard InChI is InChI=1S/C13H27NO3/c1-10(2)14(9-12(5)13(15)16)7-6-8-17-11(3)4/h10-12H,6-9H2,1-5H3,(H,15,16). The van der Waals surface area contributed by atoms with Gasteiger partial charge in [0, 0.05) is 25.7 Å². The summed E-state index contributed by atoms with van der Waals surface area (Å²) in [5, 5.41) is 8.91. The van der Waals surface area contributed by atoms with E-state index in [4.69, 9.17) is 9.84 Å². The van der Waals surface area contributed by atoms with E-state index in [2.05, 4.69) is 18.7 Å². The van der Waals surface area contributed by atoms with Gasteiger partial charge in [0.05, 0.1) is 12.0 Å². The smallest absolute Gasteiger partial charge is 0.307 e. The lowest BCUT2D eigenvalue weighted by Gasteiger charge is -2.28. The highest BCUT2D eigenvalue weighted by Crippen LogP contribution is 2.06. The lowest BCUT2D eigenvalue weighted by molar-refractivity contribution is -0.141. The fourth-order valence-corrected chi connectivity index (χ4v) is 1.58. The average molecular weight is 245 g/mol. The minimum absolute atomic E-state index is 0.264. The van der Waals surface area contributed by atoms with Gasteiger partial charge in [0.2, 0.25) is 0 Å². The van der Waals surface area contributed by atoms with Gasteiger partial charge in [-0.05, 0) is 34.1 Å². The highest BCUT2D eigenvalue weighted by Gasteiger charge is 2.17. The quantitative estimate of drug-likeness (QED) is 0.633. The molecule has 0 saturated heterocycles. The first-order chi connectivity index (χ1) is 7.84. The Kier molecular flexibility index (Phi) is 8.17. The maximum absolute atomic E-state index is 10.8. The Labute approximate surface area is 105 Å². The minimum Gasteiger partial charge on any atom is -0.481 e. The van der Waals surface area contributed by atoms with E-state index in [0.29, 0.717) is 12.6 Å². The van der Waals surface area contributed by atoms with Crippen molar-refractivity contribution in [3.8, 4) is 0 Å². The summed E-state index contributed by atoms with van der Waals surface area (Å²) in [7, 11) is 0. The molecule has 4 heteroatoms. The van der Waals surface area contributed by atoms with Crippen LogP contribution < -0.4 is 0 Å². The van der Waals surface area contributed by atoms with Crippen molar-refractivity contribution >= 4 is 5.97 Å². The van der Waals surface area contributed by atoms with Crippen LogP contribution in [0.25, 0.3) is 0 Å². The van der Waals surface area contributed by atoms with Crippen LogP contribution in [0, 0.1) is 5.92 Å². The molecular weight excluding hydrogens is 218 g/mol. The summed E-state index contributed by atoms with van der Waals surface area (Å²) >= 11 is 0. The molecule has 0 aliphatic rings. The van der Waals surface area contributed by atoms with Gasteiger partial charge >= 0.3 is 5.97 Å². The summed E-state index contributed by atoms with van der Waals surface area (Å²) in [4.78, 5) is 13.0. The third-order valence-corrected chi connectivity index (χ3v) is 2.70. The Morgan fingerprint density at radius 2 is 1.82 bits per heavy atom. The molecule has 0 aromatic heterocycles. The second kappa shape index (κ2) is 8.48. The Hall–Kier alpha value is -0.610. The van der Waals surface area contributed by atoms with Gasteiger partial charge in [-0.3, -0.25) is 4.79 Å². The van der Waals surface area contributed by atoms with Gasteiger partial charge < -0.3 is 14.7 Å². The molecule has 1 unspecified atom stereocenters. The third kappa shape index (κ3) is 8.16. The summed E-state index contributed by atoms with van der Waals surface area (Å²) in [6.45, 7) is 12.2. The molecule has 0 saturated carbocycles. The fraction of sp³-hybridized carbons (Fsp3) is 0.923. The van der Waals surface area contributed by atoms with E-state index in [0.717, 1.165) is 19.6 Å². The first-order valence-electron chi connectivity index (χ1n) is 6.43. The van der Waals surface area contributed by atoms with Gasteiger partial charge in [-0.15, -0.1) is 0 Å². The molecular formula is C13H27NO3. The molecule has 0 aliphatic heterocycles. The zero-order valence-corrected chi connectivity index (χ0v) is 11.8. The summed E-state index contributed by atoms with van der Waals surface area (Å²) in [5.74, 6) is -1.04. The first-order valence-corrected chi connectivity index (χ1v) is 6.43. The van der Waals surface area contributed by atoms with Gasteiger partial charge in [-0.1, -0.05) is 6.92 Å². The van der Waals surface area contributed by atoms with Crippen molar-refractivity contribution in [1.29, 1.82) is 0 Å². The van der Waals surface area contributed by atoms with Gasteiger partial charge in [0.15, 0.2) is 0 Å². The molecule has 1 atom stereocenters. The Morgan fingerprint density at radius 3 is 2.24 bits per heavy atom. The van der Waals surface area contributed by atoms with Crippen LogP contribution in [-0.4, -0.2) is 47.8 Å². The molecule has 0 aromatic rings. The predicted molar refractivity (Wildman–Crippen MR) is 69.2 cm³/mol. The van der Waals surface area contributed by atoms with Crippen molar-refractivity contribution in [2.24, 2.45) is 5.92 Å². The van der Waals surface area contributed by atoms with Crippen LogP contribution in [-0.2, 0) is 9.53 Å². The van der Waals surface area contributed by atoms with Crippen molar-refractivity contribution in [3.63, 3.8) is 0 Å². The first kappa shape index (κ1) is 16.4. The number of ether oxygens (including phenoxy) is 1. The van der Waals surface area contributed by atoms with Crippen LogP contribution in [0.5, 0.6) is 0 Å². The van der Waals surface area contributed by atoms with Gasteiger partial charge in [-0.25, -0.2) is 0 Å². The van der Waals surface area contributed by atoms with E-state index in [9.17, 15) is 4.79 Å². The number of carboxylic acids is 1. The maximum atomic E-state index is 10.8. The van der Waals surface area contributed by atoms with Gasteiger partial charge in [0.25, 0.3) is 0 Å². The number of hydrogen-bond donors (Lipinski definition) is 1. The van der Waals surface area contributed by atoms with E-state index >= 15 is 0 Å². The van der Waals surface area contributed by atoms with Crippen molar-refractivity contribution in [2.75, 3.05) is 19.7 Å². The van der Waals surface area contributed by atoms with E-state index < -0.39 is 5.97 Å². The molecule has 0 heterocycles. The van der Waals surface area contributed by atoms with Crippen LogP contribution in [0.1, 0.15) is 41.0 Å². The van der Waals surface area contributed by atoms with E-state index in [1.54, 1.807) is 6.92 Å². The largest absolute Gasteiger partial charge is 0.481 e. The summed E-state index contributed by atoms with van der Waals surface area (Å²) in [5.41, 5.74) is 0. The van der Waals surface area contributed by atoms with Crippen LogP contribution >= 0.6 is 0 Å². The summed E-state index contributed by atoms with van der Waals surface area (Å²) in [6.07, 6.45) is 1.21. The Balaban J connectivity index is 3.95.